The molecule has 58 heavy (non-hydrogen) atoms. The van der Waals surface area contributed by atoms with E-state index in [4.69, 9.17) is 27.1 Å². The Hall–Kier alpha value is -5.42. The third kappa shape index (κ3) is 12.5. The summed E-state index contributed by atoms with van der Waals surface area (Å²) in [5.74, 6) is 2.65. The summed E-state index contributed by atoms with van der Waals surface area (Å²) in [7, 11) is -8.06. The van der Waals surface area contributed by atoms with Crippen molar-refractivity contribution in [1.82, 2.24) is 0 Å². The minimum atomic E-state index is -4.08. The lowest BCUT2D eigenvalue weighted by molar-refractivity contribution is 0.292. The fraction of sp³-hybridized carbons (Fsp3) is 0.250. The van der Waals surface area contributed by atoms with Gasteiger partial charge in [0.1, 0.15) is 34.5 Å². The molecular formula is C48H54O8P2. The Morgan fingerprint density at radius 3 is 0.741 bits per heavy atom. The molecule has 6 aromatic carbocycles. The topological polar surface area (TPSA) is 89.5 Å². The van der Waals surface area contributed by atoms with Crippen LogP contribution in [0, 0.1) is 0 Å². The first-order valence-electron chi connectivity index (χ1n) is 19.1. The molecule has 304 valence electrons. The summed E-state index contributed by atoms with van der Waals surface area (Å²) in [6, 6.07) is 49.2. The van der Waals surface area contributed by atoms with Crippen LogP contribution in [0.5, 0.6) is 34.5 Å². The number of para-hydroxylation sites is 6. The SMILES string of the molecule is CC(C)(C)c1ccccc1OP(=O)(Oc1ccccc1)Oc1ccccc1.CC(C)(C)c1ccccc1OP(=O)(Oc1ccccc1)Oc1ccccc1C(C)(C)C. The molecule has 0 saturated carbocycles. The van der Waals surface area contributed by atoms with Gasteiger partial charge in [0.2, 0.25) is 0 Å². The zero-order chi connectivity index (χ0) is 42.0. The van der Waals surface area contributed by atoms with Crippen molar-refractivity contribution in [2.24, 2.45) is 0 Å². The highest BCUT2D eigenvalue weighted by atomic mass is 31.2. The van der Waals surface area contributed by atoms with Crippen molar-refractivity contribution < 1.29 is 36.3 Å². The minimum Gasteiger partial charge on any atom is -0.386 e. The molecular weight excluding hydrogens is 766 g/mol. The first-order chi connectivity index (χ1) is 27.3. The van der Waals surface area contributed by atoms with Crippen LogP contribution in [-0.2, 0) is 25.4 Å². The van der Waals surface area contributed by atoms with Crippen LogP contribution in [-0.4, -0.2) is 0 Å². The van der Waals surface area contributed by atoms with E-state index in [1.54, 1.807) is 78.9 Å². The number of benzene rings is 6. The molecule has 8 nitrogen and oxygen atoms in total. The van der Waals surface area contributed by atoms with Crippen molar-refractivity contribution >= 4 is 15.6 Å². The number of rotatable bonds is 12. The first-order valence-corrected chi connectivity index (χ1v) is 22.1. The maximum absolute atomic E-state index is 14.0. The standard InChI is InChI=1S/C26H31O4P.C22H23O4P/c1-25(2,3)21-16-10-12-18-23(21)29-31(27,28-20-14-8-7-9-15-20)30-24-19-13-11-17-22(24)26(4,5)6;1-22(2,3)20-16-10-11-17-21(20)26-27(23,24-18-12-6-4-7-13-18)25-19-14-8-5-9-15-19/h7-19H,1-6H3;4-17H,1-3H3. The average molecular weight is 821 g/mol. The smallest absolute Gasteiger partial charge is 0.386 e. The van der Waals surface area contributed by atoms with E-state index in [0.29, 0.717) is 34.5 Å². The molecule has 0 N–H and O–H groups in total. The van der Waals surface area contributed by atoms with Gasteiger partial charge in [0.15, 0.2) is 0 Å². The van der Waals surface area contributed by atoms with Crippen LogP contribution in [0.1, 0.15) is 79.0 Å². The Kier molecular flexibility index (Phi) is 13.9. The Morgan fingerprint density at radius 2 is 0.500 bits per heavy atom. The van der Waals surface area contributed by atoms with Gasteiger partial charge in [0.25, 0.3) is 0 Å². The van der Waals surface area contributed by atoms with Crippen molar-refractivity contribution in [3.63, 3.8) is 0 Å². The van der Waals surface area contributed by atoms with Crippen molar-refractivity contribution in [3.8, 4) is 34.5 Å². The molecule has 0 fully saturated rings. The first kappa shape index (κ1) is 43.7. The Balaban J connectivity index is 0.000000223. The molecule has 10 heteroatoms. The van der Waals surface area contributed by atoms with Crippen molar-refractivity contribution in [1.29, 1.82) is 0 Å². The number of hydrogen-bond donors (Lipinski definition) is 0. The van der Waals surface area contributed by atoms with Gasteiger partial charge in [0, 0.05) is 16.7 Å². The van der Waals surface area contributed by atoms with Gasteiger partial charge in [-0.1, -0.05) is 172 Å². The summed E-state index contributed by atoms with van der Waals surface area (Å²) in [5.41, 5.74) is 2.13. The molecule has 0 aromatic heterocycles. The van der Waals surface area contributed by atoms with Crippen LogP contribution in [0.3, 0.4) is 0 Å². The molecule has 0 aliphatic heterocycles. The Morgan fingerprint density at radius 1 is 0.293 bits per heavy atom. The van der Waals surface area contributed by atoms with E-state index in [2.05, 4.69) is 62.3 Å². The molecule has 0 unspecified atom stereocenters. The highest BCUT2D eigenvalue weighted by Crippen LogP contribution is 2.53. The number of phosphoric ester groups is 2. The van der Waals surface area contributed by atoms with E-state index >= 15 is 0 Å². The van der Waals surface area contributed by atoms with E-state index in [9.17, 15) is 9.13 Å². The van der Waals surface area contributed by atoms with Crippen molar-refractivity contribution in [3.05, 3.63) is 180 Å². The highest BCUT2D eigenvalue weighted by Gasteiger charge is 2.37. The summed E-state index contributed by atoms with van der Waals surface area (Å²) in [4.78, 5) is 0. The van der Waals surface area contributed by atoms with Gasteiger partial charge >= 0.3 is 15.6 Å². The quantitative estimate of drug-likeness (QED) is 0.113. The van der Waals surface area contributed by atoms with Gasteiger partial charge in [-0.3, -0.25) is 0 Å². The Labute approximate surface area is 344 Å². The highest BCUT2D eigenvalue weighted by molar-refractivity contribution is 7.50. The maximum atomic E-state index is 14.0. The van der Waals surface area contributed by atoms with Crippen LogP contribution in [0.4, 0.5) is 0 Å². The van der Waals surface area contributed by atoms with Gasteiger partial charge in [-0.15, -0.1) is 0 Å². The van der Waals surface area contributed by atoms with Gasteiger partial charge < -0.3 is 27.1 Å². The van der Waals surface area contributed by atoms with Crippen LogP contribution in [0.2, 0.25) is 0 Å². The molecule has 0 aliphatic carbocycles. The summed E-state index contributed by atoms with van der Waals surface area (Å²) < 4.78 is 62.8. The normalized spacial score (nSPS) is 12.0. The summed E-state index contributed by atoms with van der Waals surface area (Å²) in [5, 5.41) is 0. The van der Waals surface area contributed by atoms with Crippen molar-refractivity contribution in [2.45, 2.75) is 78.6 Å². The van der Waals surface area contributed by atoms with Crippen LogP contribution in [0.15, 0.2) is 164 Å². The van der Waals surface area contributed by atoms with E-state index < -0.39 is 15.6 Å². The van der Waals surface area contributed by atoms with E-state index in [1.165, 1.54) is 0 Å². The van der Waals surface area contributed by atoms with Gasteiger partial charge in [0.05, 0.1) is 0 Å². The maximum Gasteiger partial charge on any atom is 0.647 e. The fourth-order valence-corrected chi connectivity index (χ4v) is 8.37. The lowest BCUT2D eigenvalue weighted by Gasteiger charge is -2.27. The second kappa shape index (κ2) is 18.4. The second-order valence-corrected chi connectivity index (χ2v) is 19.5. The third-order valence-corrected chi connectivity index (χ3v) is 11.2. The second-order valence-electron chi connectivity index (χ2n) is 16.6. The minimum absolute atomic E-state index is 0.194. The predicted molar refractivity (Wildman–Crippen MR) is 234 cm³/mol. The molecule has 0 amide bonds. The largest absolute Gasteiger partial charge is 0.647 e. The molecule has 0 atom stereocenters. The summed E-state index contributed by atoms with van der Waals surface area (Å²) >= 11 is 0. The van der Waals surface area contributed by atoms with Gasteiger partial charge in [-0.05, 0) is 70.8 Å². The predicted octanol–water partition coefficient (Wildman–Crippen LogP) is 14.6. The molecule has 0 aliphatic rings. The van der Waals surface area contributed by atoms with Gasteiger partial charge in [-0.2, -0.15) is 9.13 Å². The summed E-state index contributed by atoms with van der Waals surface area (Å²) in [6.07, 6.45) is 0. The molecule has 0 spiro atoms. The van der Waals surface area contributed by atoms with Crippen LogP contribution < -0.4 is 27.1 Å². The third-order valence-electron chi connectivity index (χ3n) is 8.60. The van der Waals surface area contributed by atoms with E-state index in [0.717, 1.165) is 16.7 Å². The molecule has 0 radical (unpaired) electrons. The van der Waals surface area contributed by atoms with Crippen molar-refractivity contribution in [2.75, 3.05) is 0 Å². The van der Waals surface area contributed by atoms with Gasteiger partial charge in [-0.25, -0.2) is 0 Å². The number of phosphoric acid groups is 2. The fourth-order valence-electron chi connectivity index (χ4n) is 5.80. The molecule has 0 bridgehead atoms. The monoisotopic (exact) mass is 820 g/mol. The van der Waals surface area contributed by atoms with Crippen LogP contribution >= 0.6 is 15.6 Å². The average Bonchev–Trinajstić information content (AvgIpc) is 3.15. The zero-order valence-corrected chi connectivity index (χ0v) is 36.5. The molecule has 0 heterocycles. The molecule has 0 saturated heterocycles. The Bertz CT molecular complexity index is 2200. The van der Waals surface area contributed by atoms with Crippen LogP contribution in [0.25, 0.3) is 0 Å². The zero-order valence-electron chi connectivity index (χ0n) is 34.7. The van der Waals surface area contributed by atoms with E-state index in [-0.39, 0.29) is 16.2 Å². The molecule has 6 rings (SSSR count). The number of hydrogen-bond acceptors (Lipinski definition) is 8. The lowest BCUT2D eigenvalue weighted by Crippen LogP contribution is -2.17. The molecule has 6 aromatic rings. The lowest BCUT2D eigenvalue weighted by atomic mass is 9.86. The summed E-state index contributed by atoms with van der Waals surface area (Å²) in [6.45, 7) is 18.7. The van der Waals surface area contributed by atoms with E-state index in [1.807, 2.05) is 84.9 Å².